The fourth-order valence-corrected chi connectivity index (χ4v) is 1.32. The summed E-state index contributed by atoms with van der Waals surface area (Å²) in [7, 11) is 0. The van der Waals surface area contributed by atoms with Crippen molar-refractivity contribution in [2.45, 2.75) is 0 Å². The van der Waals surface area contributed by atoms with Gasteiger partial charge < -0.3 is 10.1 Å². The summed E-state index contributed by atoms with van der Waals surface area (Å²) in [5.74, 6) is -0.613. The van der Waals surface area contributed by atoms with Crippen LogP contribution in [0, 0.1) is 10.1 Å². The summed E-state index contributed by atoms with van der Waals surface area (Å²) in [6, 6.07) is 17.6. The number of nitrogens with one attached hydrogen (secondary N) is 1. The minimum atomic E-state index is -0.706. The summed E-state index contributed by atoms with van der Waals surface area (Å²) in [5, 5.41) is 21.7. The van der Waals surface area contributed by atoms with E-state index in [0.29, 0.717) is 11.4 Å². The number of nitrogens with zero attached hydrogens (tertiary/aromatic N) is 4. The molecule has 7 nitrogen and oxygen atoms in total. The van der Waals surface area contributed by atoms with Crippen molar-refractivity contribution in [2.75, 3.05) is 5.43 Å². The minimum absolute atomic E-state index is 0.516. The van der Waals surface area contributed by atoms with Crippen molar-refractivity contribution in [3.63, 3.8) is 0 Å². The highest BCUT2D eigenvalue weighted by Crippen LogP contribution is 2.10. The zero-order valence-corrected chi connectivity index (χ0v) is 10.4. The van der Waals surface area contributed by atoms with Gasteiger partial charge in [0.15, 0.2) is 0 Å². The van der Waals surface area contributed by atoms with Crippen LogP contribution in [0.5, 0.6) is 0 Å². The van der Waals surface area contributed by atoms with Crippen LogP contribution in [0.15, 0.2) is 76.0 Å². The van der Waals surface area contributed by atoms with Gasteiger partial charge in [-0.2, -0.15) is 0 Å². The molecular formula is C13H11N5O2. The minimum Gasteiger partial charge on any atom is -0.390 e. The lowest BCUT2D eigenvalue weighted by molar-refractivity contribution is -0.352. The number of guanidine groups is 1. The van der Waals surface area contributed by atoms with E-state index in [4.69, 9.17) is 0 Å². The lowest BCUT2D eigenvalue weighted by Crippen LogP contribution is -2.10. The van der Waals surface area contributed by atoms with Crippen molar-refractivity contribution in [1.82, 2.24) is 0 Å². The maximum atomic E-state index is 10.8. The molecule has 0 radical (unpaired) electrons. The number of hydrogen-bond acceptors (Lipinski definition) is 5. The van der Waals surface area contributed by atoms with Gasteiger partial charge in [-0.25, -0.2) is 5.43 Å². The van der Waals surface area contributed by atoms with Gasteiger partial charge in [-0.05, 0) is 29.2 Å². The second-order valence-corrected chi connectivity index (χ2v) is 3.68. The predicted molar refractivity (Wildman–Crippen MR) is 75.5 cm³/mol. The molecule has 0 bridgehead atoms. The van der Waals surface area contributed by atoms with E-state index >= 15 is 0 Å². The van der Waals surface area contributed by atoms with Crippen LogP contribution in [0.4, 0.5) is 11.4 Å². The van der Waals surface area contributed by atoms with Gasteiger partial charge in [-0.15, -0.1) is 0 Å². The topological polar surface area (TPSA) is 92.2 Å². The number of azo groups is 1. The first-order chi connectivity index (χ1) is 9.75. The fourth-order valence-electron chi connectivity index (χ4n) is 1.32. The number of anilines is 1. The summed E-state index contributed by atoms with van der Waals surface area (Å²) in [6.07, 6.45) is 0. The fraction of sp³-hybridized carbons (Fsp3) is 0. The molecule has 20 heavy (non-hydrogen) atoms. The molecule has 0 amide bonds. The first kappa shape index (κ1) is 13.3. The smallest absolute Gasteiger partial charge is 0.390 e. The predicted octanol–water partition coefficient (Wildman–Crippen LogP) is 3.43. The third kappa shape index (κ3) is 3.98. The van der Waals surface area contributed by atoms with Crippen LogP contribution >= 0.6 is 0 Å². The van der Waals surface area contributed by atoms with E-state index in [1.807, 2.05) is 12.1 Å². The number of hydrogen-bond donors (Lipinski definition) is 1. The van der Waals surface area contributed by atoms with E-state index in [9.17, 15) is 10.1 Å². The van der Waals surface area contributed by atoms with Crippen LogP contribution in [0.3, 0.4) is 0 Å². The molecule has 0 unspecified atom stereocenters. The highest BCUT2D eigenvalue weighted by molar-refractivity contribution is 5.73. The van der Waals surface area contributed by atoms with Crippen LogP contribution in [0.25, 0.3) is 0 Å². The quantitative estimate of drug-likeness (QED) is 0.304. The molecule has 0 aliphatic heterocycles. The Labute approximate surface area is 114 Å². The molecule has 0 heterocycles. The van der Waals surface area contributed by atoms with Gasteiger partial charge in [0, 0.05) is 5.10 Å². The molecule has 0 saturated carbocycles. The van der Waals surface area contributed by atoms with Gasteiger partial charge >= 0.3 is 5.96 Å². The van der Waals surface area contributed by atoms with Crippen molar-refractivity contribution in [1.29, 1.82) is 0 Å². The summed E-state index contributed by atoms with van der Waals surface area (Å²) in [4.78, 5) is 10.1. The molecule has 0 aliphatic rings. The molecule has 0 fully saturated rings. The van der Waals surface area contributed by atoms with E-state index in [1.165, 1.54) is 0 Å². The van der Waals surface area contributed by atoms with Gasteiger partial charge in [0.1, 0.15) is 5.69 Å². The zero-order valence-electron chi connectivity index (χ0n) is 10.4. The molecule has 100 valence electrons. The van der Waals surface area contributed by atoms with Gasteiger partial charge in [-0.3, -0.25) is 0 Å². The van der Waals surface area contributed by atoms with Crippen molar-refractivity contribution in [3.05, 3.63) is 70.8 Å². The monoisotopic (exact) mass is 269 g/mol. The number of rotatable bonds is 3. The SMILES string of the molecule is O=[N+]([O-])/C(N=Nc1ccccc1)=N/Nc1ccccc1. The van der Waals surface area contributed by atoms with Gasteiger partial charge in [0.2, 0.25) is 0 Å². The second-order valence-electron chi connectivity index (χ2n) is 3.68. The van der Waals surface area contributed by atoms with Crippen LogP contribution in [-0.2, 0) is 0 Å². The second kappa shape index (κ2) is 6.74. The van der Waals surface area contributed by atoms with Crippen LogP contribution in [-0.4, -0.2) is 10.9 Å². The first-order valence-corrected chi connectivity index (χ1v) is 5.75. The average molecular weight is 269 g/mol. The van der Waals surface area contributed by atoms with E-state index in [-0.39, 0.29) is 0 Å². The number of nitro groups is 1. The zero-order chi connectivity index (χ0) is 14.2. The molecule has 0 spiro atoms. The Morgan fingerprint density at radius 1 is 1.00 bits per heavy atom. The van der Waals surface area contributed by atoms with Crippen LogP contribution in [0.2, 0.25) is 0 Å². The van der Waals surface area contributed by atoms with Crippen molar-refractivity contribution < 1.29 is 4.92 Å². The molecule has 7 heteroatoms. The summed E-state index contributed by atoms with van der Waals surface area (Å²) in [5.41, 5.74) is 3.70. The van der Waals surface area contributed by atoms with E-state index < -0.39 is 10.9 Å². The van der Waals surface area contributed by atoms with Crippen molar-refractivity contribution >= 4 is 17.3 Å². The normalized spacial score (nSPS) is 11.5. The molecule has 2 rings (SSSR count). The summed E-state index contributed by atoms with van der Waals surface area (Å²) in [6.45, 7) is 0. The number of benzene rings is 2. The van der Waals surface area contributed by atoms with Crippen molar-refractivity contribution in [2.24, 2.45) is 15.3 Å². The first-order valence-electron chi connectivity index (χ1n) is 5.75. The van der Waals surface area contributed by atoms with Crippen molar-refractivity contribution in [3.8, 4) is 0 Å². The summed E-state index contributed by atoms with van der Waals surface area (Å²) < 4.78 is 0. The van der Waals surface area contributed by atoms with Crippen LogP contribution < -0.4 is 5.43 Å². The maximum absolute atomic E-state index is 10.8. The molecular weight excluding hydrogens is 258 g/mol. The van der Waals surface area contributed by atoms with E-state index in [0.717, 1.165) is 0 Å². The Morgan fingerprint density at radius 2 is 1.60 bits per heavy atom. The Morgan fingerprint density at radius 3 is 2.20 bits per heavy atom. The number of hydrazone groups is 1. The third-order valence-electron chi connectivity index (χ3n) is 2.23. The Kier molecular flexibility index (Phi) is 4.50. The highest BCUT2D eigenvalue weighted by Gasteiger charge is 2.11. The van der Waals surface area contributed by atoms with Gasteiger partial charge in [-0.1, -0.05) is 41.5 Å². The highest BCUT2D eigenvalue weighted by atomic mass is 16.6. The molecule has 2 aromatic rings. The molecule has 2 aromatic carbocycles. The molecule has 0 saturated heterocycles. The van der Waals surface area contributed by atoms with E-state index in [2.05, 4.69) is 20.8 Å². The lowest BCUT2D eigenvalue weighted by Gasteiger charge is -1.95. The molecule has 0 aromatic heterocycles. The standard InChI is InChI=1S/C13H11N5O2/c19-18(20)13(16-14-11-7-3-1-4-8-11)17-15-12-9-5-2-6-10-12/h1-10,14H/b16-13+,17-15?. The molecule has 1 N–H and O–H groups in total. The van der Waals surface area contributed by atoms with Gasteiger partial charge in [0.25, 0.3) is 0 Å². The average Bonchev–Trinajstić information content (AvgIpc) is 2.49. The lowest BCUT2D eigenvalue weighted by atomic mass is 10.3. The largest absolute Gasteiger partial charge is 0.511 e. The van der Waals surface area contributed by atoms with Gasteiger partial charge in [0.05, 0.1) is 10.8 Å². The van der Waals surface area contributed by atoms with E-state index in [1.54, 1.807) is 48.5 Å². The third-order valence-corrected chi connectivity index (χ3v) is 2.23. The Hall–Kier alpha value is -3.09. The molecule has 0 atom stereocenters. The Bertz CT molecular complexity index is 626. The molecule has 0 aliphatic carbocycles. The van der Waals surface area contributed by atoms with Crippen LogP contribution in [0.1, 0.15) is 0 Å². The Balaban J connectivity index is 2.11. The summed E-state index contributed by atoms with van der Waals surface area (Å²) >= 11 is 0. The number of para-hydroxylation sites is 1. The maximum Gasteiger partial charge on any atom is 0.511 e.